The minimum absolute atomic E-state index is 0.879. The maximum atomic E-state index is 6.20. The summed E-state index contributed by atoms with van der Waals surface area (Å²) in [5.41, 5.74) is 14.8. The van der Waals surface area contributed by atoms with Crippen LogP contribution in [0.25, 0.3) is 77.6 Å². The van der Waals surface area contributed by atoms with Crippen LogP contribution in [0.15, 0.2) is 229 Å². The van der Waals surface area contributed by atoms with Crippen molar-refractivity contribution in [1.29, 1.82) is 0 Å². The Balaban J connectivity index is 1.01. The van der Waals surface area contributed by atoms with E-state index in [1.807, 2.05) is 18.2 Å². The molecule has 0 N–H and O–H groups in total. The van der Waals surface area contributed by atoms with Gasteiger partial charge in [0.1, 0.15) is 11.3 Å². The molecule has 0 saturated carbocycles. The average Bonchev–Trinajstić information content (AvgIpc) is 3.72. The number of rotatable bonds is 8. The van der Waals surface area contributed by atoms with Crippen molar-refractivity contribution in [2.75, 3.05) is 4.90 Å². The highest BCUT2D eigenvalue weighted by Gasteiger charge is 2.16. The van der Waals surface area contributed by atoms with Gasteiger partial charge in [-0.3, -0.25) is 0 Å². The number of anilines is 3. The van der Waals surface area contributed by atoms with E-state index in [0.29, 0.717) is 0 Å². The van der Waals surface area contributed by atoms with E-state index < -0.39 is 0 Å². The van der Waals surface area contributed by atoms with Crippen LogP contribution in [0.4, 0.5) is 17.1 Å². The Morgan fingerprint density at radius 2 is 0.750 bits per heavy atom. The third-order valence-corrected chi connectivity index (χ3v) is 10.7. The highest BCUT2D eigenvalue weighted by atomic mass is 16.3. The van der Waals surface area contributed by atoms with Crippen molar-refractivity contribution < 1.29 is 4.42 Å². The fourth-order valence-corrected chi connectivity index (χ4v) is 7.80. The van der Waals surface area contributed by atoms with Gasteiger partial charge in [-0.2, -0.15) is 0 Å². The number of hydrogen-bond acceptors (Lipinski definition) is 2. The summed E-state index contributed by atoms with van der Waals surface area (Å²) in [5, 5.41) is 3.48. The average molecular weight is 716 g/mol. The van der Waals surface area contributed by atoms with Gasteiger partial charge in [0.05, 0.1) is 0 Å². The number of para-hydroxylation sites is 1. The van der Waals surface area contributed by atoms with Crippen LogP contribution < -0.4 is 4.90 Å². The quantitative estimate of drug-likeness (QED) is 0.156. The zero-order chi connectivity index (χ0) is 37.3. The standard InChI is InChI=1S/C54H37NO/c1-3-12-38(13-4-1)39-24-29-48(30-25-39)55(49-31-26-41(27-32-49)52-20-9-8-19-51(52)40-14-5-2-6-15-40)50-33-28-44-34-43(22-23-45(44)36-50)42-17-11-18-46(35-42)54-37-47-16-7-10-21-53(47)56-54/h1-37H. The monoisotopic (exact) mass is 715 g/mol. The van der Waals surface area contributed by atoms with Gasteiger partial charge in [-0.25, -0.2) is 0 Å². The van der Waals surface area contributed by atoms with E-state index in [2.05, 4.69) is 211 Å². The van der Waals surface area contributed by atoms with Crippen molar-refractivity contribution in [3.05, 3.63) is 224 Å². The zero-order valence-corrected chi connectivity index (χ0v) is 30.7. The van der Waals surface area contributed by atoms with E-state index in [1.54, 1.807) is 0 Å². The largest absolute Gasteiger partial charge is 0.456 e. The maximum Gasteiger partial charge on any atom is 0.135 e. The van der Waals surface area contributed by atoms with Crippen molar-refractivity contribution in [2.24, 2.45) is 0 Å². The second-order valence-corrected chi connectivity index (χ2v) is 14.2. The van der Waals surface area contributed by atoms with Crippen LogP contribution in [0.1, 0.15) is 0 Å². The number of nitrogens with zero attached hydrogens (tertiary/aromatic N) is 1. The number of benzene rings is 9. The smallest absolute Gasteiger partial charge is 0.135 e. The molecule has 264 valence electrons. The predicted molar refractivity (Wildman–Crippen MR) is 236 cm³/mol. The number of furan rings is 1. The van der Waals surface area contributed by atoms with Crippen LogP contribution in [-0.4, -0.2) is 0 Å². The first-order valence-electron chi connectivity index (χ1n) is 19.1. The number of fused-ring (bicyclic) bond motifs is 2. The van der Waals surface area contributed by atoms with Gasteiger partial charge in [0.25, 0.3) is 0 Å². The lowest BCUT2D eigenvalue weighted by Gasteiger charge is -2.26. The summed E-state index contributed by atoms with van der Waals surface area (Å²) in [5.74, 6) is 0.879. The fraction of sp³-hybridized carbons (Fsp3) is 0. The second kappa shape index (κ2) is 14.4. The van der Waals surface area contributed by atoms with Crippen molar-refractivity contribution in [2.45, 2.75) is 0 Å². The Labute approximate surface area is 327 Å². The van der Waals surface area contributed by atoms with Gasteiger partial charge < -0.3 is 9.32 Å². The summed E-state index contributed by atoms with van der Waals surface area (Å²) in [7, 11) is 0. The molecule has 0 atom stereocenters. The molecule has 1 aromatic heterocycles. The summed E-state index contributed by atoms with van der Waals surface area (Å²) in [4.78, 5) is 2.35. The highest BCUT2D eigenvalue weighted by molar-refractivity contribution is 5.93. The lowest BCUT2D eigenvalue weighted by atomic mass is 9.94. The third kappa shape index (κ3) is 6.44. The molecule has 0 bridgehead atoms. The van der Waals surface area contributed by atoms with E-state index in [4.69, 9.17) is 4.42 Å². The third-order valence-electron chi connectivity index (χ3n) is 10.7. The van der Waals surface area contributed by atoms with Crippen LogP contribution in [0, 0.1) is 0 Å². The van der Waals surface area contributed by atoms with E-state index in [0.717, 1.165) is 44.9 Å². The normalized spacial score (nSPS) is 11.2. The molecule has 2 nitrogen and oxygen atoms in total. The molecular formula is C54H37NO. The lowest BCUT2D eigenvalue weighted by Crippen LogP contribution is -2.09. The topological polar surface area (TPSA) is 16.4 Å². The fourth-order valence-electron chi connectivity index (χ4n) is 7.80. The highest BCUT2D eigenvalue weighted by Crippen LogP contribution is 2.40. The van der Waals surface area contributed by atoms with E-state index in [9.17, 15) is 0 Å². The van der Waals surface area contributed by atoms with E-state index in [-0.39, 0.29) is 0 Å². The van der Waals surface area contributed by atoms with Crippen molar-refractivity contribution in [1.82, 2.24) is 0 Å². The van der Waals surface area contributed by atoms with E-state index >= 15 is 0 Å². The molecule has 10 rings (SSSR count). The molecule has 0 unspecified atom stereocenters. The van der Waals surface area contributed by atoms with Gasteiger partial charge in [-0.15, -0.1) is 0 Å². The summed E-state index contributed by atoms with van der Waals surface area (Å²) in [6.45, 7) is 0. The van der Waals surface area contributed by atoms with Crippen LogP contribution >= 0.6 is 0 Å². The molecule has 0 aliphatic heterocycles. The Kier molecular flexibility index (Phi) is 8.55. The van der Waals surface area contributed by atoms with Crippen molar-refractivity contribution in [3.63, 3.8) is 0 Å². The van der Waals surface area contributed by atoms with E-state index in [1.165, 1.54) is 49.7 Å². The molecule has 0 aliphatic carbocycles. The summed E-state index contributed by atoms with van der Waals surface area (Å²) in [6, 6.07) is 80.1. The van der Waals surface area contributed by atoms with Crippen molar-refractivity contribution >= 4 is 38.8 Å². The van der Waals surface area contributed by atoms with Gasteiger partial charge in [-0.1, -0.05) is 164 Å². The molecule has 56 heavy (non-hydrogen) atoms. The molecule has 0 saturated heterocycles. The molecule has 2 heteroatoms. The Morgan fingerprint density at radius 3 is 1.46 bits per heavy atom. The van der Waals surface area contributed by atoms with Gasteiger partial charge in [-0.05, 0) is 116 Å². The molecule has 0 spiro atoms. The molecule has 0 radical (unpaired) electrons. The molecule has 0 fully saturated rings. The Hall–Kier alpha value is -7.42. The lowest BCUT2D eigenvalue weighted by molar-refractivity contribution is 0.631. The first-order valence-corrected chi connectivity index (χ1v) is 19.1. The molecule has 1 heterocycles. The summed E-state index contributed by atoms with van der Waals surface area (Å²) >= 11 is 0. The van der Waals surface area contributed by atoms with Crippen LogP contribution in [0.2, 0.25) is 0 Å². The molecular weight excluding hydrogens is 679 g/mol. The van der Waals surface area contributed by atoms with Gasteiger partial charge >= 0.3 is 0 Å². The molecule has 0 amide bonds. The second-order valence-electron chi connectivity index (χ2n) is 14.2. The minimum atomic E-state index is 0.879. The molecule has 0 aliphatic rings. The zero-order valence-electron chi connectivity index (χ0n) is 30.7. The first-order chi connectivity index (χ1) is 27.7. The Bertz CT molecular complexity index is 2910. The predicted octanol–water partition coefficient (Wildman–Crippen LogP) is 15.4. The van der Waals surface area contributed by atoms with Crippen LogP contribution in [0.3, 0.4) is 0 Å². The maximum absolute atomic E-state index is 6.20. The minimum Gasteiger partial charge on any atom is -0.456 e. The van der Waals surface area contributed by atoms with Gasteiger partial charge in [0.15, 0.2) is 0 Å². The van der Waals surface area contributed by atoms with Crippen LogP contribution in [-0.2, 0) is 0 Å². The van der Waals surface area contributed by atoms with Crippen LogP contribution in [0.5, 0.6) is 0 Å². The first kappa shape index (κ1) is 33.2. The van der Waals surface area contributed by atoms with Gasteiger partial charge in [0.2, 0.25) is 0 Å². The van der Waals surface area contributed by atoms with Gasteiger partial charge in [0, 0.05) is 28.0 Å². The SMILES string of the molecule is c1ccc(-c2ccc(N(c3ccc(-c4ccccc4-c4ccccc4)cc3)c3ccc4cc(-c5cccc(-c6cc7ccccc7o6)c5)ccc4c3)cc2)cc1. The molecule has 10 aromatic rings. The summed E-state index contributed by atoms with van der Waals surface area (Å²) < 4.78 is 6.20. The number of hydrogen-bond donors (Lipinski definition) is 0. The molecule has 9 aromatic carbocycles. The summed E-state index contributed by atoms with van der Waals surface area (Å²) in [6.07, 6.45) is 0. The Morgan fingerprint density at radius 1 is 0.268 bits per heavy atom. The van der Waals surface area contributed by atoms with Crippen molar-refractivity contribution in [3.8, 4) is 55.8 Å².